The van der Waals surface area contributed by atoms with Gasteiger partial charge in [0.05, 0.1) is 13.2 Å². The van der Waals surface area contributed by atoms with Gasteiger partial charge in [-0.3, -0.25) is 9.59 Å². The zero-order valence-electron chi connectivity index (χ0n) is 28.3. The summed E-state index contributed by atoms with van der Waals surface area (Å²) in [6.45, 7) is 9.97. The van der Waals surface area contributed by atoms with Crippen molar-refractivity contribution in [2.24, 2.45) is 0 Å². The number of ether oxygens (including phenoxy) is 2. The van der Waals surface area contributed by atoms with E-state index in [9.17, 15) is 14.7 Å². The number of aliphatic hydroxyl groups excluding tert-OH is 1. The van der Waals surface area contributed by atoms with Crippen molar-refractivity contribution < 1.29 is 24.2 Å². The summed E-state index contributed by atoms with van der Waals surface area (Å²) in [6.07, 6.45) is 27.5. The van der Waals surface area contributed by atoms with Crippen molar-refractivity contribution >= 4 is 11.9 Å². The minimum Gasteiger partial charge on any atom is -0.466 e. The molecule has 0 heterocycles. The molecule has 0 spiro atoms. The molecule has 0 aromatic rings. The second-order valence-corrected chi connectivity index (χ2v) is 12.3. The molecule has 42 heavy (non-hydrogen) atoms. The summed E-state index contributed by atoms with van der Waals surface area (Å²) >= 11 is 0. The third-order valence-electron chi connectivity index (χ3n) is 8.20. The molecular formula is C36H71NO5. The average molecular weight is 598 g/mol. The smallest absolute Gasteiger partial charge is 0.306 e. The van der Waals surface area contributed by atoms with Gasteiger partial charge in [-0.2, -0.15) is 0 Å². The molecule has 1 N–H and O–H groups in total. The molecular weight excluding hydrogens is 526 g/mol. The molecule has 0 amide bonds. The Bertz CT molecular complexity index is 571. The summed E-state index contributed by atoms with van der Waals surface area (Å²) in [7, 11) is 0. The molecule has 250 valence electrons. The van der Waals surface area contributed by atoms with Gasteiger partial charge >= 0.3 is 11.9 Å². The fourth-order valence-corrected chi connectivity index (χ4v) is 5.43. The third kappa shape index (κ3) is 29.0. The van der Waals surface area contributed by atoms with Gasteiger partial charge in [-0.15, -0.1) is 0 Å². The predicted octanol–water partition coefficient (Wildman–Crippen LogP) is 9.55. The van der Waals surface area contributed by atoms with E-state index in [1.54, 1.807) is 0 Å². The van der Waals surface area contributed by atoms with Crippen LogP contribution in [-0.4, -0.2) is 60.9 Å². The van der Waals surface area contributed by atoms with E-state index in [0.717, 1.165) is 70.9 Å². The van der Waals surface area contributed by atoms with Crippen LogP contribution in [0.4, 0.5) is 0 Å². The molecule has 0 aliphatic heterocycles. The SMILES string of the molecule is CCCCCCCC(CCCCCCC)OC(=O)CCCCN(CCO)CCCCCCCCCC(=O)OCCCC. The first-order valence-electron chi connectivity index (χ1n) is 18.3. The lowest BCUT2D eigenvalue weighted by molar-refractivity contribution is -0.150. The highest BCUT2D eigenvalue weighted by atomic mass is 16.5. The summed E-state index contributed by atoms with van der Waals surface area (Å²) < 4.78 is 11.2. The van der Waals surface area contributed by atoms with E-state index in [1.807, 2.05) is 0 Å². The minimum absolute atomic E-state index is 0.0239. The summed E-state index contributed by atoms with van der Waals surface area (Å²) in [5.41, 5.74) is 0. The number of hydrogen-bond donors (Lipinski definition) is 1. The van der Waals surface area contributed by atoms with Crippen molar-refractivity contribution in [3.63, 3.8) is 0 Å². The van der Waals surface area contributed by atoms with E-state index in [-0.39, 0.29) is 24.6 Å². The van der Waals surface area contributed by atoms with Crippen molar-refractivity contribution in [2.75, 3.05) is 32.8 Å². The van der Waals surface area contributed by atoms with Gasteiger partial charge in [0.1, 0.15) is 6.10 Å². The molecule has 0 fully saturated rings. The second kappa shape index (κ2) is 32.8. The summed E-state index contributed by atoms with van der Waals surface area (Å²) in [5, 5.41) is 9.49. The summed E-state index contributed by atoms with van der Waals surface area (Å²) in [5.74, 6) is -0.0703. The van der Waals surface area contributed by atoms with Gasteiger partial charge in [-0.1, -0.05) is 111 Å². The predicted molar refractivity (Wildman–Crippen MR) is 177 cm³/mol. The third-order valence-corrected chi connectivity index (χ3v) is 8.20. The molecule has 0 saturated heterocycles. The molecule has 0 aliphatic rings. The Labute approximate surface area is 261 Å². The molecule has 0 aliphatic carbocycles. The number of carbonyl (C=O) groups excluding carboxylic acids is 2. The van der Waals surface area contributed by atoms with E-state index >= 15 is 0 Å². The van der Waals surface area contributed by atoms with Gasteiger partial charge in [-0.05, 0) is 70.9 Å². The first kappa shape index (κ1) is 40.9. The Kier molecular flexibility index (Phi) is 31.9. The lowest BCUT2D eigenvalue weighted by Gasteiger charge is -2.21. The second-order valence-electron chi connectivity index (χ2n) is 12.3. The van der Waals surface area contributed by atoms with Crippen LogP contribution >= 0.6 is 0 Å². The molecule has 0 saturated carbocycles. The maximum Gasteiger partial charge on any atom is 0.306 e. The normalized spacial score (nSPS) is 11.5. The van der Waals surface area contributed by atoms with E-state index < -0.39 is 0 Å². The van der Waals surface area contributed by atoms with Crippen LogP contribution in [0.5, 0.6) is 0 Å². The van der Waals surface area contributed by atoms with Crippen molar-refractivity contribution in [3.8, 4) is 0 Å². The molecule has 0 aromatic carbocycles. The van der Waals surface area contributed by atoms with Crippen molar-refractivity contribution in [3.05, 3.63) is 0 Å². The van der Waals surface area contributed by atoms with E-state index in [4.69, 9.17) is 9.47 Å². The van der Waals surface area contributed by atoms with Crippen LogP contribution in [0, 0.1) is 0 Å². The van der Waals surface area contributed by atoms with E-state index in [2.05, 4.69) is 25.7 Å². The molecule has 6 nitrogen and oxygen atoms in total. The van der Waals surface area contributed by atoms with E-state index in [1.165, 1.54) is 89.9 Å². The number of carbonyl (C=O) groups is 2. The summed E-state index contributed by atoms with van der Waals surface area (Å²) in [6, 6.07) is 0. The van der Waals surface area contributed by atoms with E-state index in [0.29, 0.717) is 26.0 Å². The van der Waals surface area contributed by atoms with Crippen LogP contribution in [0.1, 0.15) is 181 Å². The highest BCUT2D eigenvalue weighted by Gasteiger charge is 2.14. The van der Waals surface area contributed by atoms with Gasteiger partial charge in [0, 0.05) is 19.4 Å². The molecule has 0 atom stereocenters. The largest absolute Gasteiger partial charge is 0.466 e. The minimum atomic E-state index is -0.0464. The lowest BCUT2D eigenvalue weighted by atomic mass is 10.0. The van der Waals surface area contributed by atoms with Crippen LogP contribution in [0.2, 0.25) is 0 Å². The fraction of sp³-hybridized carbons (Fsp3) is 0.944. The molecule has 6 heteroatoms. The Morgan fingerprint density at radius 3 is 1.57 bits per heavy atom. The Morgan fingerprint density at radius 1 is 0.548 bits per heavy atom. The number of aliphatic hydroxyl groups is 1. The van der Waals surface area contributed by atoms with Crippen LogP contribution in [0.25, 0.3) is 0 Å². The number of rotatable bonds is 33. The van der Waals surface area contributed by atoms with Gasteiger partial charge in [-0.25, -0.2) is 0 Å². The zero-order chi connectivity index (χ0) is 30.9. The standard InChI is InChI=1S/C36H71NO5/c1-4-7-10-15-19-25-34(26-20-16-11-8-5-2)42-36(40)28-22-24-30-37(31-32-38)29-23-18-14-12-13-17-21-27-35(39)41-33-9-6-3/h34,38H,4-33H2,1-3H3. The van der Waals surface area contributed by atoms with Gasteiger partial charge in [0.2, 0.25) is 0 Å². The number of esters is 2. The van der Waals surface area contributed by atoms with Crippen molar-refractivity contribution in [2.45, 2.75) is 187 Å². The number of hydrogen-bond acceptors (Lipinski definition) is 6. The van der Waals surface area contributed by atoms with Crippen molar-refractivity contribution in [1.82, 2.24) is 4.90 Å². The lowest BCUT2D eigenvalue weighted by Crippen LogP contribution is -2.29. The number of nitrogens with zero attached hydrogens (tertiary/aromatic N) is 1. The van der Waals surface area contributed by atoms with Crippen LogP contribution in [0.3, 0.4) is 0 Å². The van der Waals surface area contributed by atoms with Crippen LogP contribution in [-0.2, 0) is 19.1 Å². The number of unbranched alkanes of at least 4 members (excludes halogenated alkanes) is 16. The van der Waals surface area contributed by atoms with Crippen molar-refractivity contribution in [1.29, 1.82) is 0 Å². The molecule has 0 radical (unpaired) electrons. The van der Waals surface area contributed by atoms with Gasteiger partial charge in [0.25, 0.3) is 0 Å². The van der Waals surface area contributed by atoms with Crippen LogP contribution < -0.4 is 0 Å². The molecule has 0 aromatic heterocycles. The quantitative estimate of drug-likeness (QED) is 0.0600. The highest BCUT2D eigenvalue weighted by molar-refractivity contribution is 5.69. The molecule has 0 rings (SSSR count). The molecule has 0 bridgehead atoms. The first-order chi connectivity index (χ1) is 20.6. The summed E-state index contributed by atoms with van der Waals surface area (Å²) in [4.78, 5) is 26.6. The average Bonchev–Trinajstić information content (AvgIpc) is 2.98. The zero-order valence-corrected chi connectivity index (χ0v) is 28.3. The highest BCUT2D eigenvalue weighted by Crippen LogP contribution is 2.18. The Hall–Kier alpha value is -1.14. The monoisotopic (exact) mass is 598 g/mol. The van der Waals surface area contributed by atoms with Gasteiger partial charge < -0.3 is 19.5 Å². The fourth-order valence-electron chi connectivity index (χ4n) is 5.43. The van der Waals surface area contributed by atoms with Gasteiger partial charge in [0.15, 0.2) is 0 Å². The Balaban J connectivity index is 4.03. The first-order valence-corrected chi connectivity index (χ1v) is 18.3. The topological polar surface area (TPSA) is 76.1 Å². The van der Waals surface area contributed by atoms with Crippen LogP contribution in [0.15, 0.2) is 0 Å². The maximum atomic E-state index is 12.6. The molecule has 0 unspecified atom stereocenters. The maximum absolute atomic E-state index is 12.6. The Morgan fingerprint density at radius 2 is 1.00 bits per heavy atom.